The van der Waals surface area contributed by atoms with Gasteiger partial charge in [0, 0.05) is 18.1 Å². The number of aromatic nitrogens is 2. The van der Waals surface area contributed by atoms with Crippen LogP contribution in [0, 0.1) is 6.92 Å². The Balaban J connectivity index is 2.48. The number of nitrogens with zero attached hydrogens (tertiary/aromatic N) is 2. The van der Waals surface area contributed by atoms with E-state index in [2.05, 4.69) is 120 Å². The van der Waals surface area contributed by atoms with Crippen molar-refractivity contribution in [3.05, 3.63) is 71.0 Å². The first kappa shape index (κ1) is 22.3. The largest absolute Gasteiger partial charge is 0.294 e. The van der Waals surface area contributed by atoms with Crippen LogP contribution in [0.3, 0.4) is 0 Å². The molecule has 0 saturated carbocycles. The number of rotatable bonds is 6. The summed E-state index contributed by atoms with van der Waals surface area (Å²) in [6, 6.07) is 16.1. The van der Waals surface area contributed by atoms with Crippen LogP contribution >= 0.6 is 0 Å². The van der Waals surface area contributed by atoms with E-state index in [1.54, 1.807) is 0 Å². The van der Waals surface area contributed by atoms with Gasteiger partial charge in [-0.15, -0.1) is 0 Å². The Hall–Kier alpha value is -2.35. The van der Waals surface area contributed by atoms with Crippen LogP contribution in [-0.2, 0) is 0 Å². The minimum Gasteiger partial charge on any atom is -0.225 e. The second-order valence-corrected chi connectivity index (χ2v) is 9.76. The number of aryl methyl sites for hydroxylation is 1. The molecule has 0 aliphatic carbocycles. The predicted octanol–water partition coefficient (Wildman–Crippen LogP) is 7.69. The molecule has 2 aromatic carbocycles. The fourth-order valence-corrected chi connectivity index (χ4v) is 4.67. The van der Waals surface area contributed by atoms with E-state index in [-0.39, 0.29) is 0 Å². The molecule has 2 nitrogen and oxygen atoms in total. The highest BCUT2D eigenvalue weighted by Crippen LogP contribution is 2.34. The highest BCUT2D eigenvalue weighted by molar-refractivity contribution is 5.61. The molecule has 1 heterocycles. The fraction of sp³-hybridized carbons (Fsp3) is 0.464. The maximum Gasteiger partial charge on any atom is 0.294 e. The topological polar surface area (TPSA) is 8.81 Å². The lowest BCUT2D eigenvalue weighted by Gasteiger charge is -2.19. The second-order valence-electron chi connectivity index (χ2n) is 9.76. The molecule has 2 heteroatoms. The van der Waals surface area contributed by atoms with Crippen molar-refractivity contribution >= 4 is 0 Å². The van der Waals surface area contributed by atoms with Crippen molar-refractivity contribution in [3.63, 3.8) is 0 Å². The van der Waals surface area contributed by atoms with Gasteiger partial charge in [-0.05, 0) is 43.2 Å². The lowest BCUT2D eigenvalue weighted by Crippen LogP contribution is -2.36. The number of hydrogen-bond donors (Lipinski definition) is 0. The first-order valence-electron chi connectivity index (χ1n) is 11.5. The van der Waals surface area contributed by atoms with Crippen LogP contribution in [-0.4, -0.2) is 4.57 Å². The van der Waals surface area contributed by atoms with Crippen LogP contribution in [0.15, 0.2) is 48.7 Å². The van der Waals surface area contributed by atoms with Crippen LogP contribution in [0.5, 0.6) is 0 Å². The van der Waals surface area contributed by atoms with Gasteiger partial charge < -0.3 is 0 Å². The Labute approximate surface area is 183 Å². The van der Waals surface area contributed by atoms with Crippen molar-refractivity contribution in [3.8, 4) is 17.1 Å². The molecule has 0 fully saturated rings. The van der Waals surface area contributed by atoms with Crippen molar-refractivity contribution in [2.45, 2.75) is 86.1 Å². The lowest BCUT2D eigenvalue weighted by molar-refractivity contribution is -0.584. The smallest absolute Gasteiger partial charge is 0.225 e. The predicted molar refractivity (Wildman–Crippen MR) is 129 cm³/mol. The molecule has 0 unspecified atom stereocenters. The average molecular weight is 404 g/mol. The summed E-state index contributed by atoms with van der Waals surface area (Å²) >= 11 is 0. The highest BCUT2D eigenvalue weighted by atomic mass is 15.2. The van der Waals surface area contributed by atoms with E-state index in [1.165, 1.54) is 39.5 Å². The third-order valence-corrected chi connectivity index (χ3v) is 6.08. The number of imidazole rings is 1. The summed E-state index contributed by atoms with van der Waals surface area (Å²) in [6.07, 6.45) is 2.35. The van der Waals surface area contributed by atoms with Crippen molar-refractivity contribution in [2.24, 2.45) is 0 Å². The van der Waals surface area contributed by atoms with Gasteiger partial charge in [0.1, 0.15) is 17.6 Å². The normalized spacial score (nSPS) is 12.0. The van der Waals surface area contributed by atoms with Gasteiger partial charge in [-0.25, -0.2) is 4.57 Å². The molecule has 1 aromatic heterocycles. The molecule has 0 N–H and O–H groups in total. The summed E-state index contributed by atoms with van der Waals surface area (Å²) in [5, 5.41) is 0. The zero-order valence-electron chi connectivity index (χ0n) is 20.3. The molecule has 0 saturated heterocycles. The molecule has 0 radical (unpaired) electrons. The van der Waals surface area contributed by atoms with E-state index in [4.69, 9.17) is 0 Å². The summed E-state index contributed by atoms with van der Waals surface area (Å²) in [5.41, 5.74) is 8.22. The molecule has 0 aliphatic rings. The molecule has 3 rings (SSSR count). The van der Waals surface area contributed by atoms with E-state index >= 15 is 0 Å². The molecule has 0 spiro atoms. The van der Waals surface area contributed by atoms with Crippen molar-refractivity contribution < 1.29 is 4.57 Å². The zero-order chi connectivity index (χ0) is 22.2. The van der Waals surface area contributed by atoms with Gasteiger partial charge in [-0.1, -0.05) is 77.9 Å². The summed E-state index contributed by atoms with van der Waals surface area (Å²) in [5.74, 6) is 2.68. The van der Waals surface area contributed by atoms with Crippen molar-refractivity contribution in [1.29, 1.82) is 0 Å². The third kappa shape index (κ3) is 3.97. The van der Waals surface area contributed by atoms with Gasteiger partial charge >= 0.3 is 0 Å². The van der Waals surface area contributed by atoms with Gasteiger partial charge in [-0.3, -0.25) is 0 Å². The van der Waals surface area contributed by atoms with E-state index in [1.807, 2.05) is 0 Å². The molecule has 160 valence electrons. The van der Waals surface area contributed by atoms with Crippen molar-refractivity contribution in [1.82, 2.24) is 4.57 Å². The first-order chi connectivity index (χ1) is 14.1. The Morgan fingerprint density at radius 3 is 1.67 bits per heavy atom. The van der Waals surface area contributed by atoms with E-state index in [9.17, 15) is 0 Å². The average Bonchev–Trinajstić information content (AvgIpc) is 3.04. The van der Waals surface area contributed by atoms with E-state index < -0.39 is 0 Å². The third-order valence-electron chi connectivity index (χ3n) is 6.08. The standard InChI is InChI=1S/C28H39N2/c1-18(2)23-13-10-11-14-26(23)28-29(17-22(9)30(28)21(7)8)27-24(19(3)4)15-12-16-25(27)20(5)6/h10-21H,1-9H3/q+1. The minimum absolute atomic E-state index is 0.384. The Bertz CT molecular complexity index is 993. The SMILES string of the molecule is Cc1c[n+](-c2c(C(C)C)cccc2C(C)C)c(-c2ccccc2C(C)C)n1C(C)C. The maximum absolute atomic E-state index is 2.50. The summed E-state index contributed by atoms with van der Waals surface area (Å²) in [4.78, 5) is 0. The van der Waals surface area contributed by atoms with Gasteiger partial charge in [-0.2, -0.15) is 4.57 Å². The summed E-state index contributed by atoms with van der Waals surface area (Å²) in [7, 11) is 0. The van der Waals surface area contributed by atoms with Gasteiger partial charge in [0.05, 0.1) is 11.6 Å². The number of para-hydroxylation sites is 1. The number of benzene rings is 2. The fourth-order valence-electron chi connectivity index (χ4n) is 4.67. The van der Waals surface area contributed by atoms with Crippen molar-refractivity contribution in [2.75, 3.05) is 0 Å². The summed E-state index contributed by atoms with van der Waals surface area (Å²) < 4.78 is 4.99. The minimum atomic E-state index is 0.384. The molecule has 30 heavy (non-hydrogen) atoms. The molecule has 3 aromatic rings. The van der Waals surface area contributed by atoms with Crippen LogP contribution in [0.2, 0.25) is 0 Å². The quantitative estimate of drug-likeness (QED) is 0.373. The van der Waals surface area contributed by atoms with Gasteiger partial charge in [0.15, 0.2) is 0 Å². The monoisotopic (exact) mass is 403 g/mol. The molecule has 0 aliphatic heterocycles. The van der Waals surface area contributed by atoms with E-state index in [0.29, 0.717) is 23.8 Å². The van der Waals surface area contributed by atoms with Gasteiger partial charge in [0.25, 0.3) is 5.82 Å². The molecule has 0 bridgehead atoms. The second kappa shape index (κ2) is 8.79. The van der Waals surface area contributed by atoms with Crippen LogP contribution in [0.25, 0.3) is 17.1 Å². The van der Waals surface area contributed by atoms with Crippen LogP contribution in [0.1, 0.15) is 102 Å². The maximum atomic E-state index is 2.50. The zero-order valence-corrected chi connectivity index (χ0v) is 20.3. The number of hydrogen-bond acceptors (Lipinski definition) is 0. The summed E-state index contributed by atoms with van der Waals surface area (Å²) in [6.45, 7) is 20.6. The lowest BCUT2D eigenvalue weighted by atomic mass is 9.92. The van der Waals surface area contributed by atoms with E-state index in [0.717, 1.165) is 0 Å². The van der Waals surface area contributed by atoms with Gasteiger partial charge in [0.2, 0.25) is 0 Å². The molecule has 0 amide bonds. The first-order valence-corrected chi connectivity index (χ1v) is 11.5. The molecular weight excluding hydrogens is 364 g/mol. The van der Waals surface area contributed by atoms with Crippen LogP contribution < -0.4 is 4.57 Å². The highest BCUT2D eigenvalue weighted by Gasteiger charge is 2.31. The van der Waals surface area contributed by atoms with Crippen LogP contribution in [0.4, 0.5) is 0 Å². The Morgan fingerprint density at radius 2 is 1.17 bits per heavy atom. The molecule has 0 atom stereocenters. The Morgan fingerprint density at radius 1 is 0.667 bits per heavy atom. The molecular formula is C28H39N2+. The Kier molecular flexibility index (Phi) is 6.55.